The Morgan fingerprint density at radius 3 is 2.59 bits per heavy atom. The smallest absolute Gasteiger partial charge is 0.264 e. The van der Waals surface area contributed by atoms with Crippen molar-refractivity contribution in [2.45, 2.75) is 4.90 Å². The minimum absolute atomic E-state index is 0.0524. The summed E-state index contributed by atoms with van der Waals surface area (Å²) in [4.78, 5) is 12.6. The highest BCUT2D eigenvalue weighted by Crippen LogP contribution is 2.32. The molecule has 10 heteroatoms. The lowest BCUT2D eigenvalue weighted by Gasteiger charge is -2.23. The number of carbonyl (C=O) groups excluding carboxylic acids is 1. The van der Waals surface area contributed by atoms with Crippen LogP contribution in [-0.4, -0.2) is 33.9 Å². The van der Waals surface area contributed by atoms with Gasteiger partial charge in [-0.25, -0.2) is 13.8 Å². The van der Waals surface area contributed by atoms with Gasteiger partial charge in [-0.3, -0.25) is 9.10 Å². The topological polar surface area (TPSA) is 97.3 Å². The van der Waals surface area contributed by atoms with Crippen molar-refractivity contribution < 1.29 is 22.7 Å². The average molecular weight is 472 g/mol. The van der Waals surface area contributed by atoms with Crippen molar-refractivity contribution >= 4 is 39.4 Å². The van der Waals surface area contributed by atoms with Gasteiger partial charge in [0.15, 0.2) is 11.5 Å². The first-order valence-electron chi connectivity index (χ1n) is 9.48. The van der Waals surface area contributed by atoms with Gasteiger partial charge in [-0.05, 0) is 54.1 Å². The Balaban J connectivity index is 1.52. The number of nitrogens with one attached hydrogen (secondary N) is 1. The molecular weight excluding hydrogens is 454 g/mol. The number of amides is 1. The van der Waals surface area contributed by atoms with Gasteiger partial charge >= 0.3 is 0 Å². The molecule has 3 aromatic rings. The summed E-state index contributed by atoms with van der Waals surface area (Å²) in [7, 11) is -4.02. The van der Waals surface area contributed by atoms with Gasteiger partial charge in [-0.1, -0.05) is 35.9 Å². The maximum Gasteiger partial charge on any atom is 0.264 e. The van der Waals surface area contributed by atoms with E-state index in [1.807, 2.05) is 0 Å². The van der Waals surface area contributed by atoms with Gasteiger partial charge in [-0.2, -0.15) is 5.10 Å². The third-order valence-electron chi connectivity index (χ3n) is 4.51. The predicted octanol–water partition coefficient (Wildman–Crippen LogP) is 3.41. The molecule has 0 aromatic heterocycles. The molecule has 0 spiro atoms. The molecule has 1 N–H and O–H groups in total. The number of nitrogens with zero attached hydrogens (tertiary/aromatic N) is 2. The van der Waals surface area contributed by atoms with Gasteiger partial charge in [0.2, 0.25) is 6.79 Å². The summed E-state index contributed by atoms with van der Waals surface area (Å²) in [5.41, 5.74) is 3.30. The summed E-state index contributed by atoms with van der Waals surface area (Å²) in [6.45, 7) is -0.335. The first kappa shape index (κ1) is 21.7. The maximum absolute atomic E-state index is 13.2. The number of carbonyl (C=O) groups is 1. The second-order valence-corrected chi connectivity index (χ2v) is 9.01. The van der Waals surface area contributed by atoms with E-state index < -0.39 is 22.5 Å². The van der Waals surface area contributed by atoms with Gasteiger partial charge < -0.3 is 9.47 Å². The Kier molecular flexibility index (Phi) is 6.29. The first-order chi connectivity index (χ1) is 15.4. The highest BCUT2D eigenvalue weighted by atomic mass is 35.5. The van der Waals surface area contributed by atoms with Crippen molar-refractivity contribution in [1.29, 1.82) is 0 Å². The minimum atomic E-state index is -4.02. The van der Waals surface area contributed by atoms with E-state index in [4.69, 9.17) is 21.1 Å². The number of rotatable bonds is 7. The van der Waals surface area contributed by atoms with Crippen LogP contribution >= 0.6 is 11.6 Å². The molecule has 32 heavy (non-hydrogen) atoms. The number of halogens is 1. The molecule has 1 heterocycles. The maximum atomic E-state index is 13.2. The third kappa shape index (κ3) is 4.84. The van der Waals surface area contributed by atoms with Crippen LogP contribution < -0.4 is 19.2 Å². The van der Waals surface area contributed by atoms with Crippen LogP contribution in [-0.2, 0) is 14.8 Å². The van der Waals surface area contributed by atoms with Crippen molar-refractivity contribution in [2.75, 3.05) is 17.6 Å². The average Bonchev–Trinajstić information content (AvgIpc) is 3.26. The molecule has 0 unspecified atom stereocenters. The molecule has 0 saturated heterocycles. The summed E-state index contributed by atoms with van der Waals surface area (Å²) < 4.78 is 38.0. The van der Waals surface area contributed by atoms with Crippen molar-refractivity contribution in [1.82, 2.24) is 5.43 Å². The van der Waals surface area contributed by atoms with E-state index in [1.54, 1.807) is 54.6 Å². The molecule has 1 aliphatic heterocycles. The second-order valence-electron chi connectivity index (χ2n) is 6.71. The number of anilines is 1. The molecule has 1 amide bonds. The van der Waals surface area contributed by atoms with E-state index in [-0.39, 0.29) is 17.4 Å². The zero-order valence-corrected chi connectivity index (χ0v) is 18.2. The Hall–Kier alpha value is -3.56. The Morgan fingerprint density at radius 2 is 1.81 bits per heavy atom. The summed E-state index contributed by atoms with van der Waals surface area (Å²) in [6.07, 6.45) is 1.43. The van der Waals surface area contributed by atoms with E-state index in [0.717, 1.165) is 4.31 Å². The van der Waals surface area contributed by atoms with E-state index >= 15 is 0 Å². The zero-order valence-electron chi connectivity index (χ0n) is 16.6. The largest absolute Gasteiger partial charge is 0.454 e. The third-order valence-corrected chi connectivity index (χ3v) is 6.54. The number of hydrogen-bond acceptors (Lipinski definition) is 6. The monoisotopic (exact) mass is 471 g/mol. The number of hydrazone groups is 1. The molecular formula is C22H18ClN3O5S. The molecule has 1 aliphatic rings. The molecule has 0 aliphatic carbocycles. The van der Waals surface area contributed by atoms with E-state index in [2.05, 4.69) is 10.5 Å². The number of ether oxygens (including phenoxy) is 2. The molecule has 4 rings (SSSR count). The number of fused-ring (bicyclic) bond motifs is 1. The van der Waals surface area contributed by atoms with Gasteiger partial charge in [0.1, 0.15) is 6.54 Å². The zero-order chi connectivity index (χ0) is 22.6. The van der Waals surface area contributed by atoms with Gasteiger partial charge in [0, 0.05) is 5.02 Å². The van der Waals surface area contributed by atoms with Gasteiger partial charge in [0.25, 0.3) is 15.9 Å². The Labute approximate surface area is 190 Å². The standard InChI is InChI=1S/C22H18ClN3O5S/c23-17-5-4-6-18(12-17)26(32(28,29)19-7-2-1-3-8-19)14-22(27)25-24-13-16-9-10-20-21(11-16)31-15-30-20/h1-13H,14-15H2,(H,25,27)/b24-13+. The minimum Gasteiger partial charge on any atom is -0.454 e. The summed E-state index contributed by atoms with van der Waals surface area (Å²) in [6, 6.07) is 19.3. The lowest BCUT2D eigenvalue weighted by atomic mass is 10.2. The highest BCUT2D eigenvalue weighted by molar-refractivity contribution is 7.92. The van der Waals surface area contributed by atoms with E-state index in [9.17, 15) is 13.2 Å². The van der Waals surface area contributed by atoms with Gasteiger partial charge in [0.05, 0.1) is 16.8 Å². The van der Waals surface area contributed by atoms with Crippen LogP contribution in [0.4, 0.5) is 5.69 Å². The molecule has 0 bridgehead atoms. The van der Waals surface area contributed by atoms with Crippen LogP contribution in [0.15, 0.2) is 82.8 Å². The van der Waals surface area contributed by atoms with Crippen molar-refractivity contribution in [3.8, 4) is 11.5 Å². The lowest BCUT2D eigenvalue weighted by Crippen LogP contribution is -2.39. The van der Waals surface area contributed by atoms with Crippen LogP contribution in [0, 0.1) is 0 Å². The first-order valence-corrected chi connectivity index (χ1v) is 11.3. The van der Waals surface area contributed by atoms with Crippen LogP contribution in [0.1, 0.15) is 5.56 Å². The van der Waals surface area contributed by atoms with E-state index in [1.165, 1.54) is 24.4 Å². The quantitative estimate of drug-likeness (QED) is 0.420. The van der Waals surface area contributed by atoms with Crippen LogP contribution in [0.2, 0.25) is 5.02 Å². The molecule has 0 atom stereocenters. The normalized spacial score (nSPS) is 12.7. The van der Waals surface area contributed by atoms with Crippen molar-refractivity contribution in [3.05, 3.63) is 83.4 Å². The number of sulfonamides is 1. The summed E-state index contributed by atoms with van der Waals surface area (Å²) in [5.74, 6) is 0.595. The number of benzene rings is 3. The van der Waals surface area contributed by atoms with Crippen LogP contribution in [0.25, 0.3) is 0 Å². The molecule has 164 valence electrons. The molecule has 0 saturated carbocycles. The molecule has 3 aromatic carbocycles. The molecule has 0 fully saturated rings. The van der Waals surface area contributed by atoms with Crippen LogP contribution in [0.5, 0.6) is 11.5 Å². The molecule has 8 nitrogen and oxygen atoms in total. The Morgan fingerprint density at radius 1 is 1.03 bits per heavy atom. The SMILES string of the molecule is O=C(CN(c1cccc(Cl)c1)S(=O)(=O)c1ccccc1)N/N=C/c1ccc2c(c1)OCO2. The van der Waals surface area contributed by atoms with Crippen molar-refractivity contribution in [3.63, 3.8) is 0 Å². The second kappa shape index (κ2) is 9.29. The lowest BCUT2D eigenvalue weighted by molar-refractivity contribution is -0.119. The van der Waals surface area contributed by atoms with Gasteiger partial charge in [-0.15, -0.1) is 0 Å². The van der Waals surface area contributed by atoms with Crippen molar-refractivity contribution in [2.24, 2.45) is 5.10 Å². The fourth-order valence-electron chi connectivity index (χ4n) is 3.00. The van der Waals surface area contributed by atoms with E-state index in [0.29, 0.717) is 22.1 Å². The Bertz CT molecular complexity index is 1270. The summed E-state index contributed by atoms with van der Waals surface area (Å²) in [5, 5.41) is 4.26. The fraction of sp³-hybridized carbons (Fsp3) is 0.0909. The molecule has 0 radical (unpaired) electrons. The number of hydrogen-bond donors (Lipinski definition) is 1. The summed E-state index contributed by atoms with van der Waals surface area (Å²) >= 11 is 6.05. The highest BCUT2D eigenvalue weighted by Gasteiger charge is 2.27. The van der Waals surface area contributed by atoms with Crippen LogP contribution in [0.3, 0.4) is 0 Å². The predicted molar refractivity (Wildman–Crippen MR) is 121 cm³/mol. The fourth-order valence-corrected chi connectivity index (χ4v) is 4.62.